The van der Waals surface area contributed by atoms with E-state index in [-0.39, 0.29) is 11.8 Å². The van der Waals surface area contributed by atoms with Gasteiger partial charge in [0, 0.05) is 23.7 Å². The van der Waals surface area contributed by atoms with Gasteiger partial charge in [-0.15, -0.1) is 0 Å². The lowest BCUT2D eigenvalue weighted by Gasteiger charge is -2.18. The van der Waals surface area contributed by atoms with Gasteiger partial charge >= 0.3 is 0 Å². The zero-order chi connectivity index (χ0) is 14.8. The second kappa shape index (κ2) is 6.33. The molecule has 1 N–H and O–H groups in total. The third-order valence-electron chi connectivity index (χ3n) is 3.29. The first kappa shape index (κ1) is 15.6. The van der Waals surface area contributed by atoms with Gasteiger partial charge in [-0.05, 0) is 36.2 Å². The molecule has 0 amide bonds. The zero-order valence-electron chi connectivity index (χ0n) is 11.8. The standard InChI is InChI=1S/C14H20ClNO3S/c1-3-16-13(9-20(2,17)18)8-11-7-12(15)6-10-4-5-19-14(10)11/h6-7,13,16H,3-5,8-9H2,1-2H3. The number of hydrogen-bond acceptors (Lipinski definition) is 4. The number of sulfone groups is 1. The van der Waals surface area contributed by atoms with Gasteiger partial charge in [0.05, 0.1) is 12.4 Å². The molecule has 0 radical (unpaired) electrons. The van der Waals surface area contributed by atoms with Gasteiger partial charge < -0.3 is 10.1 Å². The smallest absolute Gasteiger partial charge is 0.148 e. The highest BCUT2D eigenvalue weighted by Gasteiger charge is 2.22. The molecule has 0 bridgehead atoms. The van der Waals surface area contributed by atoms with E-state index in [2.05, 4.69) is 5.32 Å². The van der Waals surface area contributed by atoms with Crippen LogP contribution >= 0.6 is 11.6 Å². The highest BCUT2D eigenvalue weighted by molar-refractivity contribution is 7.90. The summed E-state index contributed by atoms with van der Waals surface area (Å²) >= 11 is 6.13. The van der Waals surface area contributed by atoms with Crippen LogP contribution in [0.3, 0.4) is 0 Å². The van der Waals surface area contributed by atoms with Gasteiger partial charge in [-0.2, -0.15) is 0 Å². The van der Waals surface area contributed by atoms with E-state index in [4.69, 9.17) is 16.3 Å². The summed E-state index contributed by atoms with van der Waals surface area (Å²) in [4.78, 5) is 0. The maximum absolute atomic E-state index is 11.5. The van der Waals surface area contributed by atoms with Crippen LogP contribution in [0.15, 0.2) is 12.1 Å². The van der Waals surface area contributed by atoms with Crippen LogP contribution in [0.2, 0.25) is 5.02 Å². The van der Waals surface area contributed by atoms with Crippen molar-refractivity contribution in [1.29, 1.82) is 0 Å². The highest BCUT2D eigenvalue weighted by atomic mass is 35.5. The van der Waals surface area contributed by atoms with Crippen molar-refractivity contribution >= 4 is 21.4 Å². The summed E-state index contributed by atoms with van der Waals surface area (Å²) in [5.74, 6) is 0.994. The number of benzene rings is 1. The number of fused-ring (bicyclic) bond motifs is 1. The van der Waals surface area contributed by atoms with Gasteiger partial charge in [-0.25, -0.2) is 8.42 Å². The van der Waals surface area contributed by atoms with Gasteiger partial charge in [-0.1, -0.05) is 18.5 Å². The normalized spacial score (nSPS) is 15.8. The van der Waals surface area contributed by atoms with E-state index in [0.717, 1.165) is 29.8 Å². The highest BCUT2D eigenvalue weighted by Crippen LogP contribution is 2.33. The molecule has 1 aromatic rings. The first-order valence-corrected chi connectivity index (χ1v) is 9.18. The van der Waals surface area contributed by atoms with Gasteiger partial charge in [0.2, 0.25) is 0 Å². The van der Waals surface area contributed by atoms with Gasteiger partial charge in [0.25, 0.3) is 0 Å². The number of likely N-dealkylation sites (N-methyl/N-ethyl adjacent to an activating group) is 1. The lowest BCUT2D eigenvalue weighted by Crippen LogP contribution is -2.37. The first-order chi connectivity index (χ1) is 9.39. The van der Waals surface area contributed by atoms with Crippen molar-refractivity contribution < 1.29 is 13.2 Å². The molecular formula is C14H20ClNO3S. The molecule has 1 aliphatic rings. The molecule has 0 aliphatic carbocycles. The molecule has 0 aromatic heterocycles. The molecule has 6 heteroatoms. The summed E-state index contributed by atoms with van der Waals surface area (Å²) in [6.07, 6.45) is 2.72. The minimum absolute atomic E-state index is 0.113. The average Bonchev–Trinajstić information content (AvgIpc) is 2.74. The van der Waals surface area contributed by atoms with Crippen LogP contribution in [0, 0.1) is 0 Å². The Morgan fingerprint density at radius 3 is 2.85 bits per heavy atom. The molecule has 20 heavy (non-hydrogen) atoms. The SMILES string of the molecule is CCNC(Cc1cc(Cl)cc2c1OCC2)CS(C)(=O)=O. The maximum Gasteiger partial charge on any atom is 0.148 e. The van der Waals surface area contributed by atoms with E-state index in [1.54, 1.807) is 0 Å². The topological polar surface area (TPSA) is 55.4 Å². The van der Waals surface area contributed by atoms with E-state index < -0.39 is 9.84 Å². The number of ether oxygens (including phenoxy) is 1. The summed E-state index contributed by atoms with van der Waals surface area (Å²) in [6.45, 7) is 3.36. The van der Waals surface area contributed by atoms with E-state index in [9.17, 15) is 8.42 Å². The van der Waals surface area contributed by atoms with Crippen LogP contribution in [0.4, 0.5) is 0 Å². The summed E-state index contributed by atoms with van der Waals surface area (Å²) in [5, 5.41) is 3.90. The molecule has 2 rings (SSSR count). The Labute approximate surface area is 125 Å². The van der Waals surface area contributed by atoms with E-state index in [0.29, 0.717) is 18.1 Å². The Balaban J connectivity index is 2.22. The third kappa shape index (κ3) is 4.11. The predicted molar refractivity (Wildman–Crippen MR) is 81.5 cm³/mol. The molecule has 0 spiro atoms. The van der Waals surface area contributed by atoms with Crippen molar-refractivity contribution in [2.45, 2.75) is 25.8 Å². The summed E-state index contributed by atoms with van der Waals surface area (Å²) in [6, 6.07) is 3.67. The molecule has 0 saturated carbocycles. The van der Waals surface area contributed by atoms with Gasteiger partial charge in [0.15, 0.2) is 0 Å². The van der Waals surface area contributed by atoms with Crippen molar-refractivity contribution in [3.63, 3.8) is 0 Å². The fourth-order valence-electron chi connectivity index (χ4n) is 2.61. The van der Waals surface area contributed by atoms with Crippen LogP contribution in [-0.4, -0.2) is 39.6 Å². The molecule has 1 unspecified atom stereocenters. The third-order valence-corrected chi connectivity index (χ3v) is 4.51. The van der Waals surface area contributed by atoms with Crippen molar-refractivity contribution in [2.24, 2.45) is 0 Å². The van der Waals surface area contributed by atoms with Crippen LogP contribution in [0.5, 0.6) is 5.75 Å². The van der Waals surface area contributed by atoms with E-state index in [1.165, 1.54) is 6.26 Å². The van der Waals surface area contributed by atoms with Crippen LogP contribution in [-0.2, 0) is 22.7 Å². The number of hydrogen-bond donors (Lipinski definition) is 1. The largest absolute Gasteiger partial charge is 0.493 e. The molecule has 1 aliphatic heterocycles. The molecular weight excluding hydrogens is 298 g/mol. The molecule has 0 fully saturated rings. The second-order valence-electron chi connectivity index (χ2n) is 5.20. The number of nitrogens with one attached hydrogen (secondary N) is 1. The lowest BCUT2D eigenvalue weighted by atomic mass is 10.0. The fraction of sp³-hybridized carbons (Fsp3) is 0.571. The predicted octanol–water partition coefficient (Wildman–Crippen LogP) is 1.84. The fourth-order valence-corrected chi connectivity index (χ4v) is 3.84. The van der Waals surface area contributed by atoms with Crippen molar-refractivity contribution in [3.05, 3.63) is 28.3 Å². The molecule has 1 aromatic carbocycles. The van der Waals surface area contributed by atoms with Gasteiger partial charge in [0.1, 0.15) is 15.6 Å². The van der Waals surface area contributed by atoms with Crippen molar-refractivity contribution in [2.75, 3.05) is 25.2 Å². The Hall–Kier alpha value is -0.780. The molecule has 112 valence electrons. The van der Waals surface area contributed by atoms with Crippen LogP contribution in [0.25, 0.3) is 0 Å². The Kier molecular flexibility index (Phi) is 4.94. The summed E-state index contributed by atoms with van der Waals surface area (Å²) < 4.78 is 28.7. The Bertz CT molecular complexity index is 586. The molecule has 1 atom stereocenters. The van der Waals surface area contributed by atoms with E-state index in [1.807, 2.05) is 19.1 Å². The zero-order valence-corrected chi connectivity index (χ0v) is 13.4. The number of halogens is 1. The summed E-state index contributed by atoms with van der Waals surface area (Å²) in [5.41, 5.74) is 2.10. The average molecular weight is 318 g/mol. The molecule has 0 saturated heterocycles. The molecule has 1 heterocycles. The van der Waals surface area contributed by atoms with Crippen molar-refractivity contribution in [1.82, 2.24) is 5.32 Å². The first-order valence-electron chi connectivity index (χ1n) is 6.74. The Morgan fingerprint density at radius 2 is 2.20 bits per heavy atom. The number of rotatable bonds is 6. The van der Waals surface area contributed by atoms with Crippen LogP contribution < -0.4 is 10.1 Å². The van der Waals surface area contributed by atoms with Gasteiger partial charge in [-0.3, -0.25) is 0 Å². The Morgan fingerprint density at radius 1 is 1.45 bits per heavy atom. The second-order valence-corrected chi connectivity index (χ2v) is 7.82. The van der Waals surface area contributed by atoms with E-state index >= 15 is 0 Å². The quantitative estimate of drug-likeness (QED) is 0.870. The monoisotopic (exact) mass is 317 g/mol. The minimum Gasteiger partial charge on any atom is -0.493 e. The maximum atomic E-state index is 11.5. The molecule has 4 nitrogen and oxygen atoms in total. The van der Waals surface area contributed by atoms with Crippen LogP contribution in [0.1, 0.15) is 18.1 Å². The lowest BCUT2D eigenvalue weighted by molar-refractivity contribution is 0.352. The van der Waals surface area contributed by atoms with Crippen molar-refractivity contribution in [3.8, 4) is 5.75 Å². The summed E-state index contributed by atoms with van der Waals surface area (Å²) in [7, 11) is -3.03. The minimum atomic E-state index is -3.03.